The van der Waals surface area contributed by atoms with Crippen LogP contribution in [0.5, 0.6) is 17.2 Å². The first-order valence-corrected chi connectivity index (χ1v) is 14.8. The Morgan fingerprint density at radius 3 is 2.72 bits per heavy atom. The summed E-state index contributed by atoms with van der Waals surface area (Å²) in [4.78, 5) is 30.4. The van der Waals surface area contributed by atoms with E-state index < -0.39 is 0 Å². The first-order valence-electron chi connectivity index (χ1n) is 14.8. The van der Waals surface area contributed by atoms with Gasteiger partial charge in [0.1, 0.15) is 5.75 Å². The minimum atomic E-state index is -0.249. The zero-order chi connectivity index (χ0) is 30.2. The van der Waals surface area contributed by atoms with Gasteiger partial charge in [0.05, 0.1) is 44.7 Å². The summed E-state index contributed by atoms with van der Waals surface area (Å²) in [5.74, 6) is 1.49. The van der Waals surface area contributed by atoms with Gasteiger partial charge in [-0.3, -0.25) is 19.2 Å². The average molecular weight is 592 g/mol. The molecule has 2 amide bonds. The molecule has 4 bridgehead atoms. The Labute approximate surface area is 252 Å². The lowest BCUT2D eigenvalue weighted by Crippen LogP contribution is -2.49. The number of rotatable bonds is 7. The number of benzene rings is 2. The molecular formula is C32H41N5O6. The Hall–Kier alpha value is -3.93. The minimum absolute atomic E-state index is 0.0503. The van der Waals surface area contributed by atoms with Gasteiger partial charge in [-0.1, -0.05) is 18.2 Å². The summed E-state index contributed by atoms with van der Waals surface area (Å²) >= 11 is 0. The molecule has 3 aromatic rings. The molecule has 0 aliphatic carbocycles. The van der Waals surface area contributed by atoms with E-state index in [-0.39, 0.29) is 36.9 Å². The zero-order valence-corrected chi connectivity index (χ0v) is 25.2. The second-order valence-electron chi connectivity index (χ2n) is 10.9. The molecule has 11 nitrogen and oxygen atoms in total. The molecule has 5 rings (SSSR count). The first-order chi connectivity index (χ1) is 20.9. The highest BCUT2D eigenvalue weighted by molar-refractivity contribution is 5.85. The van der Waals surface area contributed by atoms with E-state index in [4.69, 9.17) is 18.9 Å². The van der Waals surface area contributed by atoms with Crippen LogP contribution in [0.15, 0.2) is 54.7 Å². The van der Waals surface area contributed by atoms with Crippen LogP contribution in [-0.2, 0) is 45.2 Å². The van der Waals surface area contributed by atoms with E-state index in [1.807, 2.05) is 59.4 Å². The Balaban J connectivity index is 1.40. The number of hydrogen-bond acceptors (Lipinski definition) is 8. The lowest BCUT2D eigenvalue weighted by atomic mass is 10.1. The predicted molar refractivity (Wildman–Crippen MR) is 160 cm³/mol. The van der Waals surface area contributed by atoms with Crippen molar-refractivity contribution >= 4 is 11.8 Å². The van der Waals surface area contributed by atoms with Gasteiger partial charge in [0.25, 0.3) is 0 Å². The van der Waals surface area contributed by atoms with E-state index in [0.29, 0.717) is 63.1 Å². The van der Waals surface area contributed by atoms with Crippen LogP contribution in [0.4, 0.5) is 0 Å². The highest BCUT2D eigenvalue weighted by atomic mass is 16.5. The average Bonchev–Trinajstić information content (AvgIpc) is 3.62. The van der Waals surface area contributed by atoms with Crippen molar-refractivity contribution in [2.75, 3.05) is 47.0 Å². The highest BCUT2D eigenvalue weighted by Crippen LogP contribution is 2.33. The molecule has 1 aromatic heterocycles. The lowest BCUT2D eigenvalue weighted by Gasteiger charge is -2.25. The summed E-state index contributed by atoms with van der Waals surface area (Å²) in [6.45, 7) is 5.73. The number of carbonyl (C=O) groups is 2. The predicted octanol–water partition coefficient (Wildman–Crippen LogP) is 3.01. The normalized spacial score (nSPS) is 20.1. The fraction of sp³-hybridized carbons (Fsp3) is 0.469. The second kappa shape index (κ2) is 14.5. The molecule has 2 aromatic carbocycles. The van der Waals surface area contributed by atoms with Crippen LogP contribution in [0.3, 0.4) is 0 Å². The number of amides is 2. The number of aromatic nitrogens is 2. The number of aryl methyl sites for hydroxylation is 2. The van der Waals surface area contributed by atoms with Crippen LogP contribution in [0.2, 0.25) is 0 Å². The molecule has 2 aliphatic rings. The monoisotopic (exact) mass is 591 g/mol. The Kier molecular flexibility index (Phi) is 10.3. The van der Waals surface area contributed by atoms with Crippen molar-refractivity contribution in [3.8, 4) is 17.2 Å². The number of hydrogen-bond donors (Lipinski definition) is 1. The third-order valence-electron chi connectivity index (χ3n) is 7.79. The summed E-state index contributed by atoms with van der Waals surface area (Å²) in [7, 11) is 3.18. The number of carbonyl (C=O) groups excluding carboxylic acids is 2. The van der Waals surface area contributed by atoms with E-state index in [1.54, 1.807) is 19.1 Å². The van der Waals surface area contributed by atoms with Crippen molar-refractivity contribution < 1.29 is 28.5 Å². The van der Waals surface area contributed by atoms with Gasteiger partial charge < -0.3 is 29.2 Å². The molecule has 1 fully saturated rings. The molecule has 2 atom stereocenters. The second-order valence-corrected chi connectivity index (χ2v) is 10.9. The van der Waals surface area contributed by atoms with Gasteiger partial charge in [0, 0.05) is 52.5 Å². The molecule has 0 saturated carbocycles. The molecule has 230 valence electrons. The molecule has 0 radical (unpaired) electrons. The number of fused-ring (bicyclic) bond motifs is 5. The molecule has 1 N–H and O–H groups in total. The first kappa shape index (κ1) is 30.5. The van der Waals surface area contributed by atoms with Crippen molar-refractivity contribution in [1.82, 2.24) is 24.9 Å². The maximum Gasteiger partial charge on any atom is 0.239 e. The smallest absolute Gasteiger partial charge is 0.239 e. The number of nitrogens with zero attached hydrogens (tertiary/aromatic N) is 4. The largest absolute Gasteiger partial charge is 0.493 e. The van der Waals surface area contributed by atoms with Crippen LogP contribution < -0.4 is 14.8 Å². The molecule has 0 unspecified atom stereocenters. The number of nitrogens with one attached hydrogen (secondary N) is 1. The topological polar surface area (TPSA) is 107 Å². The van der Waals surface area contributed by atoms with Gasteiger partial charge in [-0.25, -0.2) is 0 Å². The lowest BCUT2D eigenvalue weighted by molar-refractivity contribution is -0.137. The molecule has 1 saturated heterocycles. The summed E-state index contributed by atoms with van der Waals surface area (Å²) in [5.41, 5.74) is 2.85. The van der Waals surface area contributed by atoms with E-state index >= 15 is 0 Å². The van der Waals surface area contributed by atoms with Crippen molar-refractivity contribution in [1.29, 1.82) is 0 Å². The molecule has 3 heterocycles. The van der Waals surface area contributed by atoms with Crippen LogP contribution in [-0.4, -0.2) is 90.5 Å². The van der Waals surface area contributed by atoms with Gasteiger partial charge in [-0.05, 0) is 54.8 Å². The molecule has 11 heteroatoms. The Bertz CT molecular complexity index is 1390. The summed E-state index contributed by atoms with van der Waals surface area (Å²) in [5, 5.41) is 7.79. The maximum atomic E-state index is 13.3. The standard InChI is InChI=1S/C32H41N5O6/c1-4-37-13-12-25(34-37)18-35-19-27-30(20-35)42-22-24-6-5-7-26(16-24)43-29-17-23(8-10-28(29)41-3)9-11-32(39)36(14-15-40-2)21-31(38)33-27/h5-8,10,12-13,16-17,27,30H,4,9,11,14-15,18-22H2,1-3H3,(H,33,38)/t27-,30-/m0/s1. The SMILES string of the molecule is CCn1ccc(CN2C[C@@H]3NC(=O)CN(CCOC)C(=O)CCc4ccc(OC)c(c4)Oc4cccc(c4)CO[C@H]3C2)n1. The van der Waals surface area contributed by atoms with Crippen molar-refractivity contribution in [3.63, 3.8) is 0 Å². The van der Waals surface area contributed by atoms with E-state index in [1.165, 1.54) is 0 Å². The van der Waals surface area contributed by atoms with Crippen LogP contribution in [0.25, 0.3) is 0 Å². The van der Waals surface area contributed by atoms with Gasteiger partial charge >= 0.3 is 0 Å². The fourth-order valence-electron chi connectivity index (χ4n) is 5.50. The van der Waals surface area contributed by atoms with Crippen LogP contribution >= 0.6 is 0 Å². The zero-order valence-electron chi connectivity index (χ0n) is 25.2. The molecular weight excluding hydrogens is 550 g/mol. The molecule has 2 aliphatic heterocycles. The number of likely N-dealkylation sites (tertiary alicyclic amines) is 1. The third kappa shape index (κ3) is 8.13. The van der Waals surface area contributed by atoms with Crippen molar-refractivity contribution in [3.05, 3.63) is 71.5 Å². The quantitative estimate of drug-likeness (QED) is 0.447. The van der Waals surface area contributed by atoms with E-state index in [2.05, 4.69) is 22.2 Å². The van der Waals surface area contributed by atoms with Gasteiger partial charge in [-0.2, -0.15) is 5.10 Å². The Morgan fingerprint density at radius 1 is 1.05 bits per heavy atom. The molecule has 0 spiro atoms. The van der Waals surface area contributed by atoms with Crippen molar-refractivity contribution in [2.24, 2.45) is 0 Å². The molecule has 43 heavy (non-hydrogen) atoms. The van der Waals surface area contributed by atoms with Crippen molar-refractivity contribution in [2.45, 2.75) is 51.6 Å². The van der Waals surface area contributed by atoms with Gasteiger partial charge in [0.15, 0.2) is 11.5 Å². The number of methoxy groups -OCH3 is 2. The summed E-state index contributed by atoms with van der Waals surface area (Å²) < 4.78 is 25.4. The summed E-state index contributed by atoms with van der Waals surface area (Å²) in [6.07, 6.45) is 2.46. The van der Waals surface area contributed by atoms with Gasteiger partial charge in [-0.15, -0.1) is 0 Å². The number of ether oxygens (including phenoxy) is 4. The third-order valence-corrected chi connectivity index (χ3v) is 7.79. The van der Waals surface area contributed by atoms with Crippen LogP contribution in [0, 0.1) is 0 Å². The highest BCUT2D eigenvalue weighted by Gasteiger charge is 2.35. The Morgan fingerprint density at radius 2 is 1.93 bits per heavy atom. The maximum absolute atomic E-state index is 13.3. The van der Waals surface area contributed by atoms with E-state index in [0.717, 1.165) is 23.4 Å². The van der Waals surface area contributed by atoms with E-state index in [9.17, 15) is 9.59 Å². The van der Waals surface area contributed by atoms with Crippen LogP contribution in [0.1, 0.15) is 30.2 Å². The van der Waals surface area contributed by atoms with Gasteiger partial charge in [0.2, 0.25) is 11.8 Å². The minimum Gasteiger partial charge on any atom is -0.493 e. The summed E-state index contributed by atoms with van der Waals surface area (Å²) in [6, 6.07) is 15.2. The fourth-order valence-corrected chi connectivity index (χ4v) is 5.50.